The first-order valence-corrected chi connectivity index (χ1v) is 8.74. The molecule has 1 aromatic carbocycles. The van der Waals surface area contributed by atoms with E-state index >= 15 is 0 Å². The van der Waals surface area contributed by atoms with Gasteiger partial charge in [0, 0.05) is 6.07 Å². The summed E-state index contributed by atoms with van der Waals surface area (Å²) in [6.07, 6.45) is 2.74. The number of halogens is 1. The van der Waals surface area contributed by atoms with Gasteiger partial charge in [-0.05, 0) is 36.8 Å². The van der Waals surface area contributed by atoms with Crippen LogP contribution in [0.4, 0.5) is 4.79 Å². The van der Waals surface area contributed by atoms with Crippen molar-refractivity contribution in [3.05, 3.63) is 52.4 Å². The van der Waals surface area contributed by atoms with E-state index in [1.54, 1.807) is 18.2 Å². The minimum Gasteiger partial charge on any atom is -0.493 e. The smallest absolute Gasteiger partial charge is 0.331 e. The summed E-state index contributed by atoms with van der Waals surface area (Å²) < 4.78 is 15.9. The van der Waals surface area contributed by atoms with E-state index in [9.17, 15) is 14.4 Å². The minimum absolute atomic E-state index is 0.108. The van der Waals surface area contributed by atoms with Crippen LogP contribution in [0.5, 0.6) is 11.5 Å². The van der Waals surface area contributed by atoms with Gasteiger partial charge in [-0.25, -0.2) is 4.79 Å². The van der Waals surface area contributed by atoms with E-state index in [0.717, 1.165) is 4.90 Å². The minimum atomic E-state index is -0.820. The third kappa shape index (κ3) is 3.86. The van der Waals surface area contributed by atoms with Gasteiger partial charge in [0.2, 0.25) is 0 Å². The standard InChI is InChI=1S/C19H17ClN2O6/c1-3-27-16-8-11(14(20)9-15(16)26-2)7-13-17(23)21-19(25)22(18(13)24)10-12-5-4-6-28-12/h4-9H,3,10H2,1-2H3,(H,21,23,25). The molecule has 9 heteroatoms. The fraction of sp³-hybridized carbons (Fsp3) is 0.211. The lowest BCUT2D eigenvalue weighted by Crippen LogP contribution is -2.53. The molecule has 4 amide bonds. The molecule has 8 nitrogen and oxygen atoms in total. The number of ether oxygens (including phenoxy) is 2. The lowest BCUT2D eigenvalue weighted by atomic mass is 10.1. The SMILES string of the molecule is CCOc1cc(C=C2C(=O)NC(=O)N(Cc3ccco3)C2=O)c(Cl)cc1OC. The van der Waals surface area contributed by atoms with Gasteiger partial charge in [-0.3, -0.25) is 19.8 Å². The van der Waals surface area contributed by atoms with E-state index in [1.165, 1.54) is 25.5 Å². The van der Waals surface area contributed by atoms with Gasteiger partial charge >= 0.3 is 6.03 Å². The zero-order valence-corrected chi connectivity index (χ0v) is 15.9. The molecule has 1 aliphatic heterocycles. The maximum absolute atomic E-state index is 12.8. The number of hydrogen-bond acceptors (Lipinski definition) is 6. The van der Waals surface area contributed by atoms with E-state index in [4.69, 9.17) is 25.5 Å². The monoisotopic (exact) mass is 404 g/mol. The van der Waals surface area contributed by atoms with Crippen molar-refractivity contribution in [3.63, 3.8) is 0 Å². The number of rotatable bonds is 6. The number of benzene rings is 1. The van der Waals surface area contributed by atoms with Crippen LogP contribution in [0.3, 0.4) is 0 Å². The molecular formula is C19H17ClN2O6. The first-order valence-electron chi connectivity index (χ1n) is 8.36. The number of amides is 4. The molecule has 2 aromatic rings. The largest absolute Gasteiger partial charge is 0.493 e. The summed E-state index contributed by atoms with van der Waals surface area (Å²) in [5, 5.41) is 2.40. The summed E-state index contributed by atoms with van der Waals surface area (Å²) in [6, 6.07) is 5.52. The first kappa shape index (κ1) is 19.5. The molecule has 1 fully saturated rings. The second kappa shape index (κ2) is 8.18. The Kier molecular flexibility index (Phi) is 5.70. The molecule has 1 aliphatic rings. The van der Waals surface area contributed by atoms with Crippen molar-refractivity contribution in [2.75, 3.05) is 13.7 Å². The van der Waals surface area contributed by atoms with E-state index in [2.05, 4.69) is 5.32 Å². The Balaban J connectivity index is 1.97. The number of nitrogens with zero attached hydrogens (tertiary/aromatic N) is 1. The number of carbonyl (C=O) groups is 3. The fourth-order valence-corrected chi connectivity index (χ4v) is 2.85. The van der Waals surface area contributed by atoms with Crippen LogP contribution in [-0.2, 0) is 16.1 Å². The second-order valence-corrected chi connectivity index (χ2v) is 6.15. The number of carbonyl (C=O) groups excluding carboxylic acids is 3. The topological polar surface area (TPSA) is 98.1 Å². The Morgan fingerprint density at radius 3 is 2.68 bits per heavy atom. The third-order valence-electron chi connectivity index (χ3n) is 3.96. The average Bonchev–Trinajstić information content (AvgIpc) is 3.17. The van der Waals surface area contributed by atoms with Crippen LogP contribution in [-0.4, -0.2) is 36.5 Å². The molecule has 1 saturated heterocycles. The molecule has 0 aliphatic carbocycles. The van der Waals surface area contributed by atoms with Crippen LogP contribution < -0.4 is 14.8 Å². The molecule has 0 unspecified atom stereocenters. The van der Waals surface area contributed by atoms with E-state index in [-0.39, 0.29) is 17.1 Å². The quantitative estimate of drug-likeness (QED) is 0.587. The van der Waals surface area contributed by atoms with Gasteiger partial charge < -0.3 is 13.9 Å². The van der Waals surface area contributed by atoms with E-state index in [1.807, 2.05) is 6.92 Å². The Morgan fingerprint density at radius 1 is 1.25 bits per heavy atom. The molecular weight excluding hydrogens is 388 g/mol. The maximum Gasteiger partial charge on any atom is 0.331 e. The van der Waals surface area contributed by atoms with Gasteiger partial charge in [-0.1, -0.05) is 11.6 Å². The predicted molar refractivity (Wildman–Crippen MR) is 99.9 cm³/mol. The Bertz CT molecular complexity index is 952. The molecule has 0 radical (unpaired) electrons. The number of methoxy groups -OCH3 is 1. The van der Waals surface area contributed by atoms with Crippen molar-refractivity contribution in [2.45, 2.75) is 13.5 Å². The van der Waals surface area contributed by atoms with Crippen molar-refractivity contribution in [3.8, 4) is 11.5 Å². The van der Waals surface area contributed by atoms with Crippen molar-refractivity contribution >= 4 is 35.5 Å². The van der Waals surface area contributed by atoms with Crippen molar-refractivity contribution in [2.24, 2.45) is 0 Å². The maximum atomic E-state index is 12.8. The van der Waals surface area contributed by atoms with Crippen LogP contribution in [0, 0.1) is 0 Å². The summed E-state index contributed by atoms with van der Waals surface area (Å²) in [6.45, 7) is 2.09. The summed E-state index contributed by atoms with van der Waals surface area (Å²) in [7, 11) is 1.47. The summed E-state index contributed by atoms with van der Waals surface area (Å²) >= 11 is 6.26. The molecule has 0 bridgehead atoms. The van der Waals surface area contributed by atoms with Crippen LogP contribution >= 0.6 is 11.6 Å². The lowest BCUT2D eigenvalue weighted by Gasteiger charge is -2.25. The number of furan rings is 1. The van der Waals surface area contributed by atoms with E-state index in [0.29, 0.717) is 29.4 Å². The van der Waals surface area contributed by atoms with E-state index < -0.39 is 17.8 Å². The highest BCUT2D eigenvalue weighted by Crippen LogP contribution is 2.34. The van der Waals surface area contributed by atoms with Gasteiger partial charge in [-0.15, -0.1) is 0 Å². The Labute approximate surface area is 165 Å². The zero-order chi connectivity index (χ0) is 20.3. The molecule has 0 atom stereocenters. The number of imide groups is 2. The van der Waals surface area contributed by atoms with Crippen LogP contribution in [0.25, 0.3) is 6.08 Å². The molecule has 146 valence electrons. The molecule has 2 heterocycles. The van der Waals surface area contributed by atoms with Gasteiger partial charge in [0.1, 0.15) is 11.3 Å². The predicted octanol–water partition coefficient (Wildman–Crippen LogP) is 3.00. The molecule has 0 spiro atoms. The molecule has 28 heavy (non-hydrogen) atoms. The van der Waals surface area contributed by atoms with Crippen molar-refractivity contribution in [1.82, 2.24) is 10.2 Å². The highest BCUT2D eigenvalue weighted by Gasteiger charge is 2.36. The summed E-state index contributed by atoms with van der Waals surface area (Å²) in [4.78, 5) is 38.0. The molecule has 3 rings (SSSR count). The van der Waals surface area contributed by atoms with Gasteiger partial charge in [-0.2, -0.15) is 0 Å². The fourth-order valence-electron chi connectivity index (χ4n) is 2.64. The van der Waals surface area contributed by atoms with Crippen LogP contribution in [0.15, 0.2) is 40.5 Å². The number of urea groups is 1. The summed E-state index contributed by atoms with van der Waals surface area (Å²) in [5.74, 6) is -0.333. The van der Waals surface area contributed by atoms with Crippen LogP contribution in [0.1, 0.15) is 18.2 Å². The van der Waals surface area contributed by atoms with Gasteiger partial charge in [0.05, 0.1) is 31.5 Å². The van der Waals surface area contributed by atoms with Crippen LogP contribution in [0.2, 0.25) is 5.02 Å². The molecule has 1 N–H and O–H groups in total. The number of nitrogens with one attached hydrogen (secondary N) is 1. The number of hydrogen-bond donors (Lipinski definition) is 1. The third-order valence-corrected chi connectivity index (χ3v) is 4.29. The Morgan fingerprint density at radius 2 is 2.04 bits per heavy atom. The molecule has 0 saturated carbocycles. The van der Waals surface area contributed by atoms with Gasteiger partial charge in [0.15, 0.2) is 11.5 Å². The van der Waals surface area contributed by atoms with Crippen molar-refractivity contribution < 1.29 is 28.3 Å². The zero-order valence-electron chi connectivity index (χ0n) is 15.2. The normalized spacial score (nSPS) is 15.8. The highest BCUT2D eigenvalue weighted by atomic mass is 35.5. The molecule has 1 aromatic heterocycles. The second-order valence-electron chi connectivity index (χ2n) is 5.75. The van der Waals surface area contributed by atoms with Crippen molar-refractivity contribution in [1.29, 1.82) is 0 Å². The van der Waals surface area contributed by atoms with Gasteiger partial charge in [0.25, 0.3) is 11.8 Å². The lowest BCUT2D eigenvalue weighted by molar-refractivity contribution is -0.130. The number of barbiturate groups is 1. The summed E-state index contributed by atoms with van der Waals surface area (Å²) in [5.41, 5.74) is 0.136. The Hall–Kier alpha value is -3.26. The first-order chi connectivity index (χ1) is 13.4. The highest BCUT2D eigenvalue weighted by molar-refractivity contribution is 6.34. The average molecular weight is 405 g/mol.